The van der Waals surface area contributed by atoms with Gasteiger partial charge in [-0.3, -0.25) is 14.5 Å². The van der Waals surface area contributed by atoms with Crippen LogP contribution >= 0.6 is 22.9 Å². The van der Waals surface area contributed by atoms with Gasteiger partial charge in [-0.15, -0.1) is 11.3 Å². The Hall–Kier alpha value is -4.20. The lowest BCUT2D eigenvalue weighted by atomic mass is 9.94. The van der Waals surface area contributed by atoms with Crippen LogP contribution in [0.25, 0.3) is 21.5 Å². The van der Waals surface area contributed by atoms with E-state index in [0.29, 0.717) is 26.3 Å². The Morgan fingerprint density at radius 2 is 1.76 bits per heavy atom. The minimum atomic E-state index is -0.860. The smallest absolute Gasteiger partial charge is 0.294 e. The van der Waals surface area contributed by atoms with E-state index in [2.05, 4.69) is 4.98 Å². The first-order valence-corrected chi connectivity index (χ1v) is 13.2. The molecular formula is C30H22ClN3O3S. The number of hydrogen-bond acceptors (Lipinski definition) is 5. The van der Waals surface area contributed by atoms with Gasteiger partial charge in [0.15, 0.2) is 5.76 Å². The van der Waals surface area contributed by atoms with E-state index in [9.17, 15) is 14.7 Å². The molecule has 38 heavy (non-hydrogen) atoms. The number of rotatable bonds is 5. The molecular weight excluding hydrogens is 518 g/mol. The molecule has 0 radical (unpaired) electrons. The maximum atomic E-state index is 14.2. The summed E-state index contributed by atoms with van der Waals surface area (Å²) in [5.41, 5.74) is 3.63. The fourth-order valence-corrected chi connectivity index (χ4v) is 6.26. The third-order valence-electron chi connectivity index (χ3n) is 6.79. The molecule has 0 spiro atoms. The fourth-order valence-electron chi connectivity index (χ4n) is 5.05. The van der Waals surface area contributed by atoms with Crippen LogP contribution in [0.2, 0.25) is 5.02 Å². The number of halogens is 1. The number of fused-ring (bicyclic) bond motifs is 1. The molecule has 0 aliphatic carbocycles. The number of hydrogen-bond donors (Lipinski definition) is 1. The number of amides is 1. The summed E-state index contributed by atoms with van der Waals surface area (Å²) in [5, 5.41) is 13.2. The minimum Gasteiger partial charge on any atom is -0.503 e. The van der Waals surface area contributed by atoms with Gasteiger partial charge in [0, 0.05) is 46.0 Å². The highest BCUT2D eigenvalue weighted by Crippen LogP contribution is 2.45. The van der Waals surface area contributed by atoms with Gasteiger partial charge in [-0.1, -0.05) is 66.2 Å². The zero-order chi connectivity index (χ0) is 26.6. The van der Waals surface area contributed by atoms with Gasteiger partial charge in [-0.2, -0.15) is 0 Å². The Balaban J connectivity index is 1.54. The topological polar surface area (TPSA) is 75.4 Å². The number of ketones is 1. The largest absolute Gasteiger partial charge is 0.503 e. The summed E-state index contributed by atoms with van der Waals surface area (Å²) in [6.07, 6.45) is 1.90. The third-order valence-corrected chi connectivity index (χ3v) is 8.23. The summed E-state index contributed by atoms with van der Waals surface area (Å²) in [4.78, 5) is 34.3. The molecule has 5 aromatic rings. The fraction of sp³-hybridized carbons (Fsp3) is 0.100. The van der Waals surface area contributed by atoms with Gasteiger partial charge in [0.25, 0.3) is 5.91 Å². The van der Waals surface area contributed by atoms with E-state index < -0.39 is 23.5 Å². The molecule has 0 saturated heterocycles. The van der Waals surface area contributed by atoms with Gasteiger partial charge in [0.2, 0.25) is 5.78 Å². The second-order valence-electron chi connectivity index (χ2n) is 9.16. The molecule has 1 atom stereocenters. The number of anilines is 1. The van der Waals surface area contributed by atoms with Crippen molar-refractivity contribution in [2.24, 2.45) is 7.05 Å². The van der Waals surface area contributed by atoms with Crippen LogP contribution in [0.15, 0.2) is 96.4 Å². The molecule has 6 rings (SSSR count). The quantitative estimate of drug-likeness (QED) is 0.243. The van der Waals surface area contributed by atoms with Crippen LogP contribution in [0.4, 0.5) is 5.69 Å². The Morgan fingerprint density at radius 1 is 1.03 bits per heavy atom. The molecule has 0 bridgehead atoms. The maximum absolute atomic E-state index is 14.2. The summed E-state index contributed by atoms with van der Waals surface area (Å²) in [7, 11) is 1.91. The van der Waals surface area contributed by atoms with Crippen molar-refractivity contribution < 1.29 is 14.7 Å². The lowest BCUT2D eigenvalue weighted by molar-refractivity contribution is -0.117. The van der Waals surface area contributed by atoms with Crippen LogP contribution in [0.1, 0.15) is 27.0 Å². The second kappa shape index (κ2) is 9.28. The summed E-state index contributed by atoms with van der Waals surface area (Å²) < 4.78 is 1.95. The van der Waals surface area contributed by atoms with Gasteiger partial charge in [-0.05, 0) is 31.2 Å². The predicted molar refractivity (Wildman–Crippen MR) is 151 cm³/mol. The molecule has 1 N–H and O–H groups in total. The number of carbonyl (C=O) groups is 2. The number of carbonyl (C=O) groups excluding carboxylic acids is 2. The highest BCUT2D eigenvalue weighted by molar-refractivity contribution is 7.17. The third kappa shape index (κ3) is 3.83. The van der Waals surface area contributed by atoms with Crippen LogP contribution < -0.4 is 4.90 Å². The minimum absolute atomic E-state index is 0.0256. The standard InChI is InChI=1S/C30H22ClN3O3S/c1-17-28(38-29(32-17)18-9-4-3-5-10-18)26(35)24-25(22-16-33(2)23-14-7-6-13-21(22)23)34(30(37)27(24)36)20-12-8-11-19(31)15-20/h3-16,25,36H,1-2H3. The molecule has 1 unspecified atom stereocenters. The molecule has 1 amide bonds. The van der Waals surface area contributed by atoms with Crippen LogP contribution in [0.5, 0.6) is 0 Å². The molecule has 0 fully saturated rings. The zero-order valence-electron chi connectivity index (χ0n) is 20.6. The second-order valence-corrected chi connectivity index (χ2v) is 10.6. The number of aliphatic hydroxyl groups excluding tert-OH is 1. The van der Waals surface area contributed by atoms with E-state index in [4.69, 9.17) is 11.6 Å². The first-order chi connectivity index (χ1) is 18.3. The van der Waals surface area contributed by atoms with E-state index >= 15 is 0 Å². The zero-order valence-corrected chi connectivity index (χ0v) is 22.1. The molecule has 2 aromatic heterocycles. The average molecular weight is 540 g/mol. The Morgan fingerprint density at radius 3 is 2.53 bits per heavy atom. The highest BCUT2D eigenvalue weighted by atomic mass is 35.5. The van der Waals surface area contributed by atoms with Crippen molar-refractivity contribution in [2.45, 2.75) is 13.0 Å². The van der Waals surface area contributed by atoms with Crippen molar-refractivity contribution in [3.8, 4) is 10.6 Å². The number of Topliss-reactive ketones (excluding diaryl/α,β-unsaturated/α-hetero) is 1. The van der Waals surface area contributed by atoms with E-state index in [1.807, 2.05) is 72.4 Å². The Labute approximate surface area is 228 Å². The molecule has 3 aromatic carbocycles. The monoisotopic (exact) mass is 539 g/mol. The number of thiazole rings is 1. The van der Waals surface area contributed by atoms with Crippen LogP contribution in [-0.2, 0) is 11.8 Å². The summed E-state index contributed by atoms with van der Waals surface area (Å²) in [6, 6.07) is 23.4. The maximum Gasteiger partial charge on any atom is 0.294 e. The molecule has 8 heteroatoms. The molecule has 6 nitrogen and oxygen atoms in total. The molecule has 188 valence electrons. The molecule has 1 aliphatic heterocycles. The first-order valence-electron chi connectivity index (χ1n) is 12.0. The molecule has 3 heterocycles. The van der Waals surface area contributed by atoms with E-state index in [1.54, 1.807) is 31.2 Å². The SMILES string of the molecule is Cc1nc(-c2ccccc2)sc1C(=O)C1=C(O)C(=O)N(c2cccc(Cl)c2)C1c1cn(C)c2ccccc12. The number of benzene rings is 3. The van der Waals surface area contributed by atoms with Crippen molar-refractivity contribution in [3.63, 3.8) is 0 Å². The first kappa shape index (κ1) is 24.2. The van der Waals surface area contributed by atoms with Crippen molar-refractivity contribution in [3.05, 3.63) is 118 Å². The van der Waals surface area contributed by atoms with Crippen LogP contribution in [0.3, 0.4) is 0 Å². The van der Waals surface area contributed by atoms with E-state index in [0.717, 1.165) is 22.0 Å². The van der Waals surface area contributed by atoms with Crippen molar-refractivity contribution >= 4 is 51.2 Å². The van der Waals surface area contributed by atoms with Crippen LogP contribution in [-0.4, -0.2) is 26.3 Å². The predicted octanol–water partition coefficient (Wildman–Crippen LogP) is 7.05. The molecule has 1 aliphatic rings. The number of para-hydroxylation sites is 1. The number of aliphatic hydroxyl groups is 1. The number of nitrogens with zero attached hydrogens (tertiary/aromatic N) is 3. The van der Waals surface area contributed by atoms with Gasteiger partial charge in [0.1, 0.15) is 5.01 Å². The summed E-state index contributed by atoms with van der Waals surface area (Å²) in [5.74, 6) is -1.64. The summed E-state index contributed by atoms with van der Waals surface area (Å²) >= 11 is 7.54. The molecule has 0 saturated carbocycles. The number of aromatic nitrogens is 2. The van der Waals surface area contributed by atoms with Crippen LogP contribution in [0, 0.1) is 6.92 Å². The number of aryl methyl sites for hydroxylation is 2. The van der Waals surface area contributed by atoms with Gasteiger partial charge >= 0.3 is 0 Å². The average Bonchev–Trinajstić information content (AvgIpc) is 3.56. The van der Waals surface area contributed by atoms with Crippen molar-refractivity contribution in [2.75, 3.05) is 4.90 Å². The van der Waals surface area contributed by atoms with Gasteiger partial charge in [0.05, 0.1) is 22.2 Å². The van der Waals surface area contributed by atoms with Gasteiger partial charge < -0.3 is 9.67 Å². The Bertz CT molecular complexity index is 1770. The van der Waals surface area contributed by atoms with Crippen molar-refractivity contribution in [1.82, 2.24) is 9.55 Å². The van der Waals surface area contributed by atoms with Crippen molar-refractivity contribution in [1.29, 1.82) is 0 Å². The normalized spacial score (nSPS) is 15.6. The highest BCUT2D eigenvalue weighted by Gasteiger charge is 2.46. The summed E-state index contributed by atoms with van der Waals surface area (Å²) in [6.45, 7) is 1.77. The van der Waals surface area contributed by atoms with E-state index in [-0.39, 0.29) is 5.57 Å². The lowest BCUT2D eigenvalue weighted by Gasteiger charge is -2.26. The van der Waals surface area contributed by atoms with E-state index in [1.165, 1.54) is 16.2 Å². The Kier molecular flexibility index (Phi) is 5.90. The van der Waals surface area contributed by atoms with Gasteiger partial charge in [-0.25, -0.2) is 4.98 Å². The lowest BCUT2D eigenvalue weighted by Crippen LogP contribution is -2.31.